The van der Waals surface area contributed by atoms with Crippen molar-refractivity contribution < 1.29 is 17.6 Å². The summed E-state index contributed by atoms with van der Waals surface area (Å²) in [6.07, 6.45) is 0. The van der Waals surface area contributed by atoms with Crippen LogP contribution in [-0.2, 0) is 9.84 Å². The lowest BCUT2D eigenvalue weighted by Crippen LogP contribution is -2.42. The van der Waals surface area contributed by atoms with Gasteiger partial charge >= 0.3 is 0 Å². The summed E-state index contributed by atoms with van der Waals surface area (Å²) in [5.41, 5.74) is -0.109. The van der Waals surface area contributed by atoms with Gasteiger partial charge in [0.2, 0.25) is 0 Å². The average molecular weight is 336 g/mol. The molecule has 1 rings (SSSR count). The van der Waals surface area contributed by atoms with Crippen LogP contribution < -0.4 is 0 Å². The fourth-order valence-electron chi connectivity index (χ4n) is 2.05. The molecule has 0 N–H and O–H groups in total. The third kappa shape index (κ3) is 4.68. The summed E-state index contributed by atoms with van der Waals surface area (Å²) in [6, 6.07) is 3.28. The van der Waals surface area contributed by atoms with Crippen molar-refractivity contribution in [2.45, 2.75) is 26.8 Å². The van der Waals surface area contributed by atoms with Gasteiger partial charge in [-0.2, -0.15) is 0 Å². The Labute approximate surface area is 129 Å². The van der Waals surface area contributed by atoms with Gasteiger partial charge in [0.1, 0.15) is 5.82 Å². The molecule has 0 aromatic heterocycles. The Morgan fingerprint density at radius 3 is 2.48 bits per heavy atom. The van der Waals surface area contributed by atoms with Gasteiger partial charge in [-0.05, 0) is 32.0 Å². The van der Waals surface area contributed by atoms with Gasteiger partial charge in [-0.1, -0.05) is 18.5 Å². The lowest BCUT2D eigenvalue weighted by molar-refractivity contribution is 0.0714. The van der Waals surface area contributed by atoms with Crippen molar-refractivity contribution in [1.82, 2.24) is 4.90 Å². The molecular formula is C14H19ClFNO3S. The topological polar surface area (TPSA) is 54.5 Å². The summed E-state index contributed by atoms with van der Waals surface area (Å²) in [5, 5.41) is 0.203. The van der Waals surface area contributed by atoms with Gasteiger partial charge in [0.25, 0.3) is 5.91 Å². The fourth-order valence-corrected chi connectivity index (χ4v) is 3.36. The normalized spacial score (nSPS) is 13.0. The molecule has 0 aliphatic carbocycles. The Hall–Kier alpha value is -1.14. The molecule has 1 unspecified atom stereocenters. The first-order chi connectivity index (χ1) is 9.71. The molecular weight excluding hydrogens is 317 g/mol. The quantitative estimate of drug-likeness (QED) is 0.803. The molecule has 0 saturated carbocycles. The van der Waals surface area contributed by atoms with E-state index in [0.717, 1.165) is 6.07 Å². The van der Waals surface area contributed by atoms with Crippen LogP contribution in [0.4, 0.5) is 4.39 Å². The highest BCUT2D eigenvalue weighted by Crippen LogP contribution is 2.18. The van der Waals surface area contributed by atoms with E-state index in [1.54, 1.807) is 20.8 Å². The van der Waals surface area contributed by atoms with Crippen LogP contribution in [0.1, 0.15) is 31.1 Å². The fraction of sp³-hybridized carbons (Fsp3) is 0.500. The van der Waals surface area contributed by atoms with Crippen molar-refractivity contribution in [3.8, 4) is 0 Å². The summed E-state index contributed by atoms with van der Waals surface area (Å²) in [5.74, 6) is -1.38. The highest BCUT2D eigenvalue weighted by atomic mass is 35.5. The van der Waals surface area contributed by atoms with Crippen molar-refractivity contribution in [3.05, 3.63) is 34.6 Å². The summed E-state index contributed by atoms with van der Waals surface area (Å²) in [4.78, 5) is 13.7. The van der Waals surface area contributed by atoms with Gasteiger partial charge in [-0.3, -0.25) is 4.79 Å². The van der Waals surface area contributed by atoms with Gasteiger partial charge in [0.15, 0.2) is 9.84 Å². The number of amides is 1. The number of carbonyl (C=O) groups is 1. The summed E-state index contributed by atoms with van der Waals surface area (Å²) < 4.78 is 37.2. The smallest absolute Gasteiger partial charge is 0.257 e. The van der Waals surface area contributed by atoms with Crippen LogP contribution in [0.15, 0.2) is 18.2 Å². The largest absolute Gasteiger partial charge is 0.335 e. The molecule has 0 heterocycles. The molecule has 0 bridgehead atoms. The van der Waals surface area contributed by atoms with Gasteiger partial charge in [-0.25, -0.2) is 12.8 Å². The molecule has 0 saturated heterocycles. The molecule has 0 fully saturated rings. The monoisotopic (exact) mass is 335 g/mol. The van der Waals surface area contributed by atoms with E-state index in [2.05, 4.69) is 0 Å². The van der Waals surface area contributed by atoms with E-state index >= 15 is 0 Å². The number of benzene rings is 1. The van der Waals surface area contributed by atoms with Crippen LogP contribution in [0.3, 0.4) is 0 Å². The van der Waals surface area contributed by atoms with Gasteiger partial charge in [-0.15, -0.1) is 0 Å². The molecule has 21 heavy (non-hydrogen) atoms. The molecule has 0 aliphatic heterocycles. The maximum atomic E-state index is 13.8. The number of carbonyl (C=O) groups excluding carboxylic acids is 1. The van der Waals surface area contributed by atoms with Crippen molar-refractivity contribution in [2.24, 2.45) is 0 Å². The number of halogens is 2. The number of hydrogen-bond donors (Lipinski definition) is 0. The molecule has 1 aromatic carbocycles. The van der Waals surface area contributed by atoms with E-state index in [1.807, 2.05) is 0 Å². The lowest BCUT2D eigenvalue weighted by Gasteiger charge is -2.28. The van der Waals surface area contributed by atoms with E-state index < -0.39 is 27.6 Å². The molecule has 7 heteroatoms. The standard InChI is InChI=1S/C14H19ClFNO3S/c1-4-17(10(3)9-21(19,20)5-2)14(18)12-7-6-11(15)8-13(12)16/h6-8,10H,4-5,9H2,1-3H3. The zero-order chi connectivity index (χ0) is 16.2. The summed E-state index contributed by atoms with van der Waals surface area (Å²) in [7, 11) is -3.22. The summed E-state index contributed by atoms with van der Waals surface area (Å²) >= 11 is 5.66. The molecule has 0 spiro atoms. The minimum atomic E-state index is -3.22. The zero-order valence-corrected chi connectivity index (χ0v) is 13.8. The first-order valence-electron chi connectivity index (χ1n) is 6.68. The molecule has 1 aromatic rings. The Morgan fingerprint density at radius 2 is 2.00 bits per heavy atom. The second-order valence-corrected chi connectivity index (χ2v) is 7.60. The zero-order valence-electron chi connectivity index (χ0n) is 12.3. The second-order valence-electron chi connectivity index (χ2n) is 4.76. The Morgan fingerprint density at radius 1 is 1.38 bits per heavy atom. The highest BCUT2D eigenvalue weighted by molar-refractivity contribution is 7.91. The molecule has 0 aliphatic rings. The first kappa shape index (κ1) is 17.9. The molecule has 0 radical (unpaired) electrons. The van der Waals surface area contributed by atoms with Crippen molar-refractivity contribution in [3.63, 3.8) is 0 Å². The van der Waals surface area contributed by atoms with Crippen molar-refractivity contribution in [2.75, 3.05) is 18.1 Å². The minimum absolute atomic E-state index is 0.0123. The SMILES string of the molecule is CCN(C(=O)c1ccc(Cl)cc1F)C(C)CS(=O)(=O)CC. The first-order valence-corrected chi connectivity index (χ1v) is 8.88. The predicted octanol–water partition coefficient (Wildman–Crippen LogP) is 2.76. The van der Waals surface area contributed by atoms with E-state index in [0.29, 0.717) is 6.54 Å². The maximum Gasteiger partial charge on any atom is 0.257 e. The predicted molar refractivity (Wildman–Crippen MR) is 81.9 cm³/mol. The van der Waals surface area contributed by atoms with Crippen LogP contribution in [0.2, 0.25) is 5.02 Å². The maximum absolute atomic E-state index is 13.8. The van der Waals surface area contributed by atoms with Crippen LogP contribution in [0.5, 0.6) is 0 Å². The van der Waals surface area contributed by atoms with Crippen LogP contribution >= 0.6 is 11.6 Å². The van der Waals surface area contributed by atoms with Crippen molar-refractivity contribution >= 4 is 27.3 Å². The minimum Gasteiger partial charge on any atom is -0.335 e. The van der Waals surface area contributed by atoms with Crippen LogP contribution in [-0.4, -0.2) is 43.3 Å². The average Bonchev–Trinajstić information content (AvgIpc) is 2.38. The summed E-state index contributed by atoms with van der Waals surface area (Å²) in [6.45, 7) is 5.21. The molecule has 4 nitrogen and oxygen atoms in total. The third-order valence-corrected chi connectivity index (χ3v) is 5.34. The Kier molecular flexibility index (Phi) is 6.16. The molecule has 1 amide bonds. The molecule has 118 valence electrons. The van der Waals surface area contributed by atoms with E-state index in [4.69, 9.17) is 11.6 Å². The number of sulfone groups is 1. The van der Waals surface area contributed by atoms with Gasteiger partial charge < -0.3 is 4.90 Å². The number of nitrogens with zero attached hydrogens (tertiary/aromatic N) is 1. The highest BCUT2D eigenvalue weighted by Gasteiger charge is 2.25. The third-order valence-electron chi connectivity index (χ3n) is 3.23. The Bertz CT molecular complexity index is 619. The number of rotatable bonds is 6. The Balaban J connectivity index is 3.01. The van der Waals surface area contributed by atoms with Crippen LogP contribution in [0, 0.1) is 5.82 Å². The van der Waals surface area contributed by atoms with Crippen molar-refractivity contribution in [1.29, 1.82) is 0 Å². The number of hydrogen-bond acceptors (Lipinski definition) is 3. The molecule has 1 atom stereocenters. The second kappa shape index (κ2) is 7.22. The van der Waals surface area contributed by atoms with Gasteiger partial charge in [0.05, 0.1) is 11.3 Å². The lowest BCUT2D eigenvalue weighted by atomic mass is 10.1. The van der Waals surface area contributed by atoms with E-state index in [-0.39, 0.29) is 22.1 Å². The van der Waals surface area contributed by atoms with E-state index in [9.17, 15) is 17.6 Å². The van der Waals surface area contributed by atoms with Gasteiger partial charge in [0, 0.05) is 23.4 Å². The van der Waals surface area contributed by atoms with E-state index in [1.165, 1.54) is 17.0 Å². The van der Waals surface area contributed by atoms with Crippen LogP contribution in [0.25, 0.3) is 0 Å².